The van der Waals surface area contributed by atoms with Gasteiger partial charge in [0.1, 0.15) is 29.5 Å². The lowest BCUT2D eigenvalue weighted by Gasteiger charge is -2.26. The molecule has 0 unspecified atom stereocenters. The third kappa shape index (κ3) is 5.04. The van der Waals surface area contributed by atoms with Crippen LogP contribution in [0.3, 0.4) is 0 Å². The van der Waals surface area contributed by atoms with Gasteiger partial charge in [0.2, 0.25) is 0 Å². The minimum absolute atomic E-state index is 0.282. The molecule has 2 aromatic carbocycles. The molecule has 0 saturated carbocycles. The number of amides is 1. The molecule has 1 amide bonds. The fraction of sp³-hybridized carbons (Fsp3) is 0.240. The number of carbonyl (C=O) groups excluding carboxylic acids is 1. The van der Waals surface area contributed by atoms with Gasteiger partial charge in [0.05, 0.1) is 29.9 Å². The molecular formula is C25H24ClN5O3. The van der Waals surface area contributed by atoms with Gasteiger partial charge < -0.3 is 19.8 Å². The SMILES string of the molecule is O=C(Nc1ccccn1)c1cccc2[nH]c(-c3cc(Cl)ccc3OCCN3CCOCC3)nc12. The number of hydrogen-bond acceptors (Lipinski definition) is 6. The summed E-state index contributed by atoms with van der Waals surface area (Å²) >= 11 is 6.30. The number of halogens is 1. The lowest BCUT2D eigenvalue weighted by Crippen LogP contribution is -2.38. The van der Waals surface area contributed by atoms with Gasteiger partial charge in [0.25, 0.3) is 5.91 Å². The molecule has 1 fully saturated rings. The predicted molar refractivity (Wildman–Crippen MR) is 131 cm³/mol. The number of benzene rings is 2. The van der Waals surface area contributed by atoms with E-state index in [1.165, 1.54) is 0 Å². The zero-order valence-corrected chi connectivity index (χ0v) is 19.2. The quantitative estimate of drug-likeness (QED) is 0.413. The molecule has 2 N–H and O–H groups in total. The molecule has 0 radical (unpaired) electrons. The van der Waals surface area contributed by atoms with E-state index < -0.39 is 0 Å². The van der Waals surface area contributed by atoms with Gasteiger partial charge in [-0.25, -0.2) is 9.97 Å². The highest BCUT2D eigenvalue weighted by Gasteiger charge is 2.18. The first-order valence-corrected chi connectivity index (χ1v) is 11.5. The molecule has 0 bridgehead atoms. The van der Waals surface area contributed by atoms with Crippen LogP contribution in [0.25, 0.3) is 22.4 Å². The number of nitrogens with zero attached hydrogens (tertiary/aromatic N) is 3. The first-order chi connectivity index (χ1) is 16.7. The van der Waals surface area contributed by atoms with Crippen molar-refractivity contribution in [1.29, 1.82) is 0 Å². The zero-order chi connectivity index (χ0) is 23.3. The Kier molecular flexibility index (Phi) is 6.71. The van der Waals surface area contributed by atoms with E-state index >= 15 is 0 Å². The molecule has 174 valence electrons. The van der Waals surface area contributed by atoms with Crippen molar-refractivity contribution in [1.82, 2.24) is 19.9 Å². The summed E-state index contributed by atoms with van der Waals surface area (Å²) in [4.78, 5) is 27.4. The van der Waals surface area contributed by atoms with Crippen LogP contribution in [0.4, 0.5) is 5.82 Å². The molecule has 0 spiro atoms. The number of para-hydroxylation sites is 1. The molecule has 0 aliphatic carbocycles. The number of rotatable bonds is 7. The average Bonchev–Trinajstić information content (AvgIpc) is 3.30. The number of fused-ring (bicyclic) bond motifs is 1. The summed E-state index contributed by atoms with van der Waals surface area (Å²) in [6.45, 7) is 4.66. The maximum Gasteiger partial charge on any atom is 0.259 e. The third-order valence-corrected chi connectivity index (χ3v) is 5.86. The molecular weight excluding hydrogens is 454 g/mol. The van der Waals surface area contributed by atoms with Crippen molar-refractivity contribution in [3.8, 4) is 17.1 Å². The molecule has 2 aromatic heterocycles. The second kappa shape index (κ2) is 10.2. The Morgan fingerprint density at radius 1 is 1.15 bits per heavy atom. The Balaban J connectivity index is 1.40. The number of carbonyl (C=O) groups is 1. The van der Waals surface area contributed by atoms with E-state index in [2.05, 4.69) is 20.2 Å². The summed E-state index contributed by atoms with van der Waals surface area (Å²) in [6, 6.07) is 16.2. The van der Waals surface area contributed by atoms with Crippen molar-refractivity contribution in [2.45, 2.75) is 0 Å². The van der Waals surface area contributed by atoms with E-state index in [1.54, 1.807) is 30.5 Å². The van der Waals surface area contributed by atoms with Gasteiger partial charge in [-0.2, -0.15) is 0 Å². The number of anilines is 1. The van der Waals surface area contributed by atoms with Crippen LogP contribution < -0.4 is 10.1 Å². The van der Waals surface area contributed by atoms with E-state index in [0.29, 0.717) is 40.1 Å². The number of hydrogen-bond donors (Lipinski definition) is 2. The van der Waals surface area contributed by atoms with Crippen LogP contribution >= 0.6 is 11.6 Å². The Morgan fingerprint density at radius 3 is 2.85 bits per heavy atom. The molecule has 5 rings (SSSR count). The monoisotopic (exact) mass is 477 g/mol. The van der Waals surface area contributed by atoms with Crippen molar-refractivity contribution >= 4 is 34.4 Å². The maximum atomic E-state index is 12.9. The van der Waals surface area contributed by atoms with Gasteiger partial charge >= 0.3 is 0 Å². The Morgan fingerprint density at radius 2 is 2.03 bits per heavy atom. The number of morpholine rings is 1. The molecule has 1 aliphatic heterocycles. The summed E-state index contributed by atoms with van der Waals surface area (Å²) in [5.74, 6) is 1.45. The van der Waals surface area contributed by atoms with E-state index in [0.717, 1.165) is 43.9 Å². The number of H-pyrrole nitrogens is 1. The molecule has 34 heavy (non-hydrogen) atoms. The highest BCUT2D eigenvalue weighted by Crippen LogP contribution is 2.33. The van der Waals surface area contributed by atoms with Gasteiger partial charge in [-0.05, 0) is 42.5 Å². The van der Waals surface area contributed by atoms with Crippen LogP contribution in [0.15, 0.2) is 60.8 Å². The van der Waals surface area contributed by atoms with Crippen molar-refractivity contribution < 1.29 is 14.3 Å². The third-order valence-electron chi connectivity index (χ3n) is 5.63. The number of aromatic amines is 1. The fourth-order valence-electron chi connectivity index (χ4n) is 3.89. The smallest absolute Gasteiger partial charge is 0.259 e. The van der Waals surface area contributed by atoms with Crippen molar-refractivity contribution in [2.75, 3.05) is 44.8 Å². The maximum absolute atomic E-state index is 12.9. The van der Waals surface area contributed by atoms with E-state index in [1.807, 2.05) is 30.3 Å². The number of imidazole rings is 1. The standard InChI is InChI=1S/C25H24ClN5O3/c26-17-7-8-21(34-15-12-31-10-13-33-14-11-31)19(16-17)24-28-20-5-3-4-18(23(20)30-24)25(32)29-22-6-1-2-9-27-22/h1-9,16H,10-15H2,(H,28,30)(H,27,29,32). The lowest BCUT2D eigenvalue weighted by molar-refractivity contribution is 0.0323. The first-order valence-electron chi connectivity index (χ1n) is 11.1. The highest BCUT2D eigenvalue weighted by molar-refractivity contribution is 6.31. The Hall–Kier alpha value is -3.46. The molecule has 0 atom stereocenters. The van der Waals surface area contributed by atoms with Crippen LogP contribution in [-0.2, 0) is 4.74 Å². The molecule has 8 nitrogen and oxygen atoms in total. The van der Waals surface area contributed by atoms with Crippen LogP contribution in [0.5, 0.6) is 5.75 Å². The molecule has 1 aliphatic rings. The fourth-order valence-corrected chi connectivity index (χ4v) is 4.06. The summed E-state index contributed by atoms with van der Waals surface area (Å²) in [6.07, 6.45) is 1.63. The largest absolute Gasteiger partial charge is 0.491 e. The molecule has 3 heterocycles. The van der Waals surface area contributed by atoms with E-state index in [-0.39, 0.29) is 5.91 Å². The number of ether oxygens (including phenoxy) is 2. The van der Waals surface area contributed by atoms with Crippen LogP contribution in [0.1, 0.15) is 10.4 Å². The zero-order valence-electron chi connectivity index (χ0n) is 18.5. The van der Waals surface area contributed by atoms with Crippen molar-refractivity contribution in [3.05, 3.63) is 71.4 Å². The Bertz CT molecular complexity index is 1290. The normalized spacial score (nSPS) is 14.3. The Labute approximate surface area is 201 Å². The molecule has 9 heteroatoms. The summed E-state index contributed by atoms with van der Waals surface area (Å²) in [7, 11) is 0. The van der Waals surface area contributed by atoms with Crippen molar-refractivity contribution in [3.63, 3.8) is 0 Å². The summed E-state index contributed by atoms with van der Waals surface area (Å²) < 4.78 is 11.5. The lowest BCUT2D eigenvalue weighted by atomic mass is 10.1. The first kappa shape index (κ1) is 22.3. The predicted octanol–water partition coefficient (Wildman–Crippen LogP) is 4.24. The highest BCUT2D eigenvalue weighted by atomic mass is 35.5. The van der Waals surface area contributed by atoms with Crippen LogP contribution in [0, 0.1) is 0 Å². The summed E-state index contributed by atoms with van der Waals surface area (Å²) in [5.41, 5.74) is 2.48. The van der Waals surface area contributed by atoms with Gasteiger partial charge in [-0.1, -0.05) is 23.7 Å². The van der Waals surface area contributed by atoms with Gasteiger partial charge in [-0.3, -0.25) is 9.69 Å². The molecule has 1 saturated heterocycles. The molecule has 4 aromatic rings. The summed E-state index contributed by atoms with van der Waals surface area (Å²) in [5, 5.41) is 3.39. The van der Waals surface area contributed by atoms with Crippen LogP contribution in [0.2, 0.25) is 5.02 Å². The van der Waals surface area contributed by atoms with Gasteiger partial charge in [0.15, 0.2) is 0 Å². The number of nitrogens with one attached hydrogen (secondary N) is 2. The number of pyridine rings is 1. The minimum Gasteiger partial charge on any atom is -0.491 e. The average molecular weight is 478 g/mol. The second-order valence-corrected chi connectivity index (χ2v) is 8.34. The van der Waals surface area contributed by atoms with Crippen molar-refractivity contribution in [2.24, 2.45) is 0 Å². The van der Waals surface area contributed by atoms with Gasteiger partial charge in [-0.15, -0.1) is 0 Å². The van der Waals surface area contributed by atoms with E-state index in [9.17, 15) is 4.79 Å². The topological polar surface area (TPSA) is 92.4 Å². The second-order valence-electron chi connectivity index (χ2n) is 7.90. The van der Waals surface area contributed by atoms with E-state index in [4.69, 9.17) is 26.1 Å². The minimum atomic E-state index is -0.282. The number of aromatic nitrogens is 3. The van der Waals surface area contributed by atoms with Gasteiger partial charge in [0, 0.05) is 30.9 Å². The van der Waals surface area contributed by atoms with Crippen LogP contribution in [-0.4, -0.2) is 65.2 Å².